The Hall–Kier alpha value is -3.62. The van der Waals surface area contributed by atoms with Gasteiger partial charge in [-0.2, -0.15) is 0 Å². The van der Waals surface area contributed by atoms with Crippen LogP contribution < -0.4 is 0 Å². The number of aryl methyl sites for hydroxylation is 1. The third kappa shape index (κ3) is 5.54. The third-order valence-corrected chi connectivity index (χ3v) is 4.65. The molecule has 0 N–H and O–H groups in total. The molecule has 9 nitrogen and oxygen atoms in total. The molecule has 32 heavy (non-hydrogen) atoms. The van der Waals surface area contributed by atoms with Crippen LogP contribution in [0.3, 0.4) is 0 Å². The van der Waals surface area contributed by atoms with Crippen molar-refractivity contribution in [3.8, 4) is 0 Å². The number of hydrogen-bond donors (Lipinski definition) is 0. The molecular formula is C23H27N5O4. The van der Waals surface area contributed by atoms with Crippen LogP contribution in [0, 0.1) is 12.8 Å². The fraction of sp³-hybridized carbons (Fsp3) is 0.391. The fourth-order valence-corrected chi connectivity index (χ4v) is 3.18. The van der Waals surface area contributed by atoms with E-state index in [9.17, 15) is 9.59 Å². The highest BCUT2D eigenvalue weighted by Crippen LogP contribution is 2.27. The second-order valence-electron chi connectivity index (χ2n) is 8.55. The van der Waals surface area contributed by atoms with Gasteiger partial charge in [0.2, 0.25) is 0 Å². The average Bonchev–Trinajstić information content (AvgIpc) is 3.09. The van der Waals surface area contributed by atoms with Crippen molar-refractivity contribution in [3.63, 3.8) is 0 Å². The fourth-order valence-electron chi connectivity index (χ4n) is 3.18. The van der Waals surface area contributed by atoms with Crippen molar-refractivity contribution in [2.75, 3.05) is 7.11 Å². The van der Waals surface area contributed by atoms with Gasteiger partial charge in [0.05, 0.1) is 18.5 Å². The van der Waals surface area contributed by atoms with E-state index < -0.39 is 11.7 Å². The number of aromatic nitrogens is 5. The second kappa shape index (κ2) is 9.25. The zero-order valence-corrected chi connectivity index (χ0v) is 19.1. The van der Waals surface area contributed by atoms with Crippen LogP contribution in [0.25, 0.3) is 23.1 Å². The van der Waals surface area contributed by atoms with Crippen LogP contribution in [-0.4, -0.2) is 49.7 Å². The Balaban J connectivity index is 2.01. The van der Waals surface area contributed by atoms with Crippen LogP contribution in [0.1, 0.15) is 50.5 Å². The lowest BCUT2D eigenvalue weighted by atomic mass is 10.00. The van der Waals surface area contributed by atoms with Crippen LogP contribution >= 0.6 is 0 Å². The average molecular weight is 438 g/mol. The van der Waals surface area contributed by atoms with Crippen molar-refractivity contribution in [1.29, 1.82) is 0 Å². The molecule has 1 unspecified atom stereocenters. The van der Waals surface area contributed by atoms with Gasteiger partial charge in [-0.05, 0) is 63.5 Å². The Bertz CT molecular complexity index is 1160. The number of ether oxygens (including phenoxy) is 2. The summed E-state index contributed by atoms with van der Waals surface area (Å²) in [6.07, 6.45) is 5.21. The monoisotopic (exact) mass is 437 g/mol. The summed E-state index contributed by atoms with van der Waals surface area (Å²) in [6, 6.07) is 5.67. The molecule has 2 aromatic heterocycles. The molecule has 0 aliphatic carbocycles. The number of nitrogens with zero attached hydrogens (tertiary/aromatic N) is 5. The van der Waals surface area contributed by atoms with E-state index in [-0.39, 0.29) is 11.9 Å². The number of methoxy groups -OCH3 is 1. The Morgan fingerprint density at radius 2 is 1.81 bits per heavy atom. The smallest absolute Gasteiger partial charge is 0.419 e. The Labute approximate surface area is 186 Å². The highest BCUT2D eigenvalue weighted by atomic mass is 16.6. The van der Waals surface area contributed by atoms with Crippen LogP contribution in [0.5, 0.6) is 0 Å². The number of carbonyl (C=O) groups excluding carboxylic acids is 2. The predicted molar refractivity (Wildman–Crippen MR) is 120 cm³/mol. The van der Waals surface area contributed by atoms with Crippen LogP contribution in [0.15, 0.2) is 24.4 Å². The van der Waals surface area contributed by atoms with Gasteiger partial charge in [0, 0.05) is 11.6 Å². The van der Waals surface area contributed by atoms with Crippen molar-refractivity contribution >= 4 is 35.1 Å². The van der Waals surface area contributed by atoms with Crippen molar-refractivity contribution < 1.29 is 19.1 Å². The van der Waals surface area contributed by atoms with E-state index in [0.29, 0.717) is 23.6 Å². The van der Waals surface area contributed by atoms with Gasteiger partial charge in [0.1, 0.15) is 5.60 Å². The Morgan fingerprint density at radius 3 is 2.44 bits per heavy atom. The van der Waals surface area contributed by atoms with E-state index >= 15 is 0 Å². The van der Waals surface area contributed by atoms with Crippen molar-refractivity contribution in [2.45, 2.75) is 46.6 Å². The molecule has 0 aliphatic rings. The zero-order valence-electron chi connectivity index (χ0n) is 19.1. The largest absolute Gasteiger partial charge is 0.469 e. The first-order chi connectivity index (χ1) is 15.1. The normalized spacial score (nSPS) is 12.8. The maximum Gasteiger partial charge on any atom is 0.419 e. The standard InChI is InChI=1S/C23H27N5O4/c1-14(21(29)31-6)11-17-13-28(22(30)32-23(3,4)5)19-9-7-16(12-18(17)19)8-10-20-26-24-15(2)25-27-20/h7-10,12-14H,11H2,1-6H3/b10-8+. The zero-order chi connectivity index (χ0) is 23.5. The maximum atomic E-state index is 12.8. The lowest BCUT2D eigenvalue weighted by Gasteiger charge is -2.19. The summed E-state index contributed by atoms with van der Waals surface area (Å²) in [7, 11) is 1.36. The molecule has 0 fully saturated rings. The maximum absolute atomic E-state index is 12.8. The summed E-state index contributed by atoms with van der Waals surface area (Å²) in [5, 5.41) is 16.6. The molecule has 0 radical (unpaired) electrons. The van der Waals surface area contributed by atoms with Gasteiger partial charge in [-0.25, -0.2) is 4.79 Å². The molecular weight excluding hydrogens is 410 g/mol. The molecule has 9 heteroatoms. The predicted octanol–water partition coefficient (Wildman–Crippen LogP) is 3.83. The summed E-state index contributed by atoms with van der Waals surface area (Å²) in [5.74, 6) is 0.212. The summed E-state index contributed by atoms with van der Waals surface area (Å²) in [6.45, 7) is 8.96. The van der Waals surface area contributed by atoms with Gasteiger partial charge < -0.3 is 9.47 Å². The van der Waals surface area contributed by atoms with E-state index in [1.165, 1.54) is 11.7 Å². The van der Waals surface area contributed by atoms with Crippen LogP contribution in [0.2, 0.25) is 0 Å². The van der Waals surface area contributed by atoms with E-state index in [1.54, 1.807) is 26.1 Å². The topological polar surface area (TPSA) is 109 Å². The van der Waals surface area contributed by atoms with Gasteiger partial charge in [0.15, 0.2) is 11.6 Å². The molecule has 2 heterocycles. The molecule has 0 amide bonds. The first-order valence-electron chi connectivity index (χ1n) is 10.2. The van der Waals surface area contributed by atoms with Gasteiger partial charge in [-0.3, -0.25) is 9.36 Å². The summed E-state index contributed by atoms with van der Waals surface area (Å²) in [4.78, 5) is 24.8. The number of esters is 1. The van der Waals surface area contributed by atoms with Crippen molar-refractivity contribution in [2.24, 2.45) is 5.92 Å². The second-order valence-corrected chi connectivity index (χ2v) is 8.55. The SMILES string of the molecule is COC(=O)C(C)Cc1cn(C(=O)OC(C)(C)C)c2ccc(/C=C/c3nnc(C)nn3)cc12. The minimum absolute atomic E-state index is 0.310. The van der Waals surface area contributed by atoms with Gasteiger partial charge in [-0.1, -0.05) is 19.1 Å². The molecule has 0 bridgehead atoms. The molecule has 3 aromatic rings. The molecule has 0 spiro atoms. The lowest BCUT2D eigenvalue weighted by molar-refractivity contribution is -0.144. The van der Waals surface area contributed by atoms with E-state index in [0.717, 1.165) is 16.5 Å². The number of rotatable bonds is 5. The molecule has 3 rings (SSSR count). The van der Waals surface area contributed by atoms with E-state index in [4.69, 9.17) is 9.47 Å². The lowest BCUT2D eigenvalue weighted by Crippen LogP contribution is -2.26. The summed E-state index contributed by atoms with van der Waals surface area (Å²) in [5.41, 5.74) is 1.77. The van der Waals surface area contributed by atoms with Crippen molar-refractivity contribution in [1.82, 2.24) is 25.0 Å². The van der Waals surface area contributed by atoms with Crippen LogP contribution in [-0.2, 0) is 20.7 Å². The highest BCUT2D eigenvalue weighted by molar-refractivity contribution is 5.94. The molecule has 1 atom stereocenters. The summed E-state index contributed by atoms with van der Waals surface area (Å²) < 4.78 is 11.9. The van der Waals surface area contributed by atoms with Crippen molar-refractivity contribution in [3.05, 3.63) is 47.2 Å². The molecule has 0 saturated heterocycles. The third-order valence-electron chi connectivity index (χ3n) is 4.65. The minimum atomic E-state index is -0.633. The Morgan fingerprint density at radius 1 is 1.12 bits per heavy atom. The quantitative estimate of drug-likeness (QED) is 0.554. The molecule has 0 saturated carbocycles. The number of fused-ring (bicyclic) bond motifs is 1. The number of benzene rings is 1. The summed E-state index contributed by atoms with van der Waals surface area (Å²) >= 11 is 0. The Kier molecular flexibility index (Phi) is 6.67. The molecule has 0 aliphatic heterocycles. The molecule has 1 aromatic carbocycles. The molecule has 168 valence electrons. The van der Waals surface area contributed by atoms with Gasteiger partial charge in [-0.15, -0.1) is 20.4 Å². The van der Waals surface area contributed by atoms with E-state index in [1.807, 2.05) is 45.0 Å². The first-order valence-corrected chi connectivity index (χ1v) is 10.2. The van der Waals surface area contributed by atoms with Gasteiger partial charge >= 0.3 is 12.1 Å². The first kappa shape index (κ1) is 23.1. The van der Waals surface area contributed by atoms with E-state index in [2.05, 4.69) is 20.4 Å². The highest BCUT2D eigenvalue weighted by Gasteiger charge is 2.23. The van der Waals surface area contributed by atoms with Gasteiger partial charge in [0.25, 0.3) is 0 Å². The van der Waals surface area contributed by atoms with Crippen LogP contribution in [0.4, 0.5) is 4.79 Å². The minimum Gasteiger partial charge on any atom is -0.469 e. The number of hydrogen-bond acceptors (Lipinski definition) is 8. The number of carbonyl (C=O) groups is 2.